The van der Waals surface area contributed by atoms with Crippen LogP contribution in [-0.4, -0.2) is 35.3 Å². The van der Waals surface area contributed by atoms with Crippen LogP contribution >= 0.6 is 11.6 Å². The van der Waals surface area contributed by atoms with E-state index in [9.17, 15) is 9.59 Å². The molecule has 2 heterocycles. The van der Waals surface area contributed by atoms with Gasteiger partial charge in [0, 0.05) is 18.0 Å². The monoisotopic (exact) mass is 409 g/mol. The quantitative estimate of drug-likeness (QED) is 0.716. The van der Waals surface area contributed by atoms with Crippen molar-refractivity contribution in [3.8, 4) is 5.75 Å². The predicted octanol–water partition coefficient (Wildman–Crippen LogP) is 4.79. The van der Waals surface area contributed by atoms with Crippen LogP contribution in [0.5, 0.6) is 5.75 Å². The Labute approximate surface area is 175 Å². The second kappa shape index (κ2) is 6.88. The molecule has 0 radical (unpaired) electrons. The van der Waals surface area contributed by atoms with E-state index in [-0.39, 0.29) is 11.7 Å². The van der Waals surface area contributed by atoms with Gasteiger partial charge in [-0.3, -0.25) is 9.59 Å². The Morgan fingerprint density at radius 2 is 1.72 bits per heavy atom. The number of amides is 1. The van der Waals surface area contributed by atoms with Crippen molar-refractivity contribution < 1.29 is 14.3 Å². The molecule has 1 atom stereocenters. The summed E-state index contributed by atoms with van der Waals surface area (Å²) in [4.78, 5) is 28.4. The SMILES string of the molecule is O=C1CC2(CCN(C(=O)C3(c4ccc(Cl)cc4)CCCC3)C2)Oc2ccccc21. The number of rotatable bonds is 2. The van der Waals surface area contributed by atoms with E-state index in [1.165, 1.54) is 0 Å². The molecule has 2 aliphatic heterocycles. The molecule has 29 heavy (non-hydrogen) atoms. The topological polar surface area (TPSA) is 46.6 Å². The summed E-state index contributed by atoms with van der Waals surface area (Å²) >= 11 is 6.08. The Hall–Kier alpha value is -2.33. The maximum absolute atomic E-state index is 13.8. The van der Waals surface area contributed by atoms with E-state index in [1.54, 1.807) is 0 Å². The second-order valence-electron chi connectivity index (χ2n) is 8.65. The van der Waals surface area contributed by atoms with Crippen LogP contribution < -0.4 is 4.74 Å². The Kier molecular flexibility index (Phi) is 4.43. The summed E-state index contributed by atoms with van der Waals surface area (Å²) in [6.45, 7) is 1.10. The van der Waals surface area contributed by atoms with E-state index in [0.29, 0.717) is 42.3 Å². The highest BCUT2D eigenvalue weighted by Gasteiger charge is 2.51. The number of likely N-dealkylation sites (tertiary alicyclic amines) is 1. The molecule has 1 saturated carbocycles. The molecular weight excluding hydrogens is 386 g/mol. The van der Waals surface area contributed by atoms with Gasteiger partial charge >= 0.3 is 0 Å². The van der Waals surface area contributed by atoms with Crippen LogP contribution in [0.25, 0.3) is 0 Å². The minimum absolute atomic E-state index is 0.106. The average molecular weight is 410 g/mol. The van der Waals surface area contributed by atoms with E-state index in [4.69, 9.17) is 16.3 Å². The first kappa shape index (κ1) is 18.7. The molecule has 1 amide bonds. The molecule has 5 heteroatoms. The van der Waals surface area contributed by atoms with Crippen molar-refractivity contribution in [3.63, 3.8) is 0 Å². The van der Waals surface area contributed by atoms with Crippen LogP contribution in [0.2, 0.25) is 5.02 Å². The molecule has 1 saturated heterocycles. The molecule has 2 fully saturated rings. The summed E-state index contributed by atoms with van der Waals surface area (Å²) in [5.41, 5.74) is 0.626. The maximum Gasteiger partial charge on any atom is 0.233 e. The van der Waals surface area contributed by atoms with Crippen molar-refractivity contribution >= 4 is 23.3 Å². The van der Waals surface area contributed by atoms with E-state index >= 15 is 0 Å². The Morgan fingerprint density at radius 1 is 1.00 bits per heavy atom. The van der Waals surface area contributed by atoms with E-state index in [2.05, 4.69) is 0 Å². The van der Waals surface area contributed by atoms with Crippen molar-refractivity contribution in [1.29, 1.82) is 0 Å². The van der Waals surface area contributed by atoms with Gasteiger partial charge < -0.3 is 9.64 Å². The van der Waals surface area contributed by atoms with Crippen molar-refractivity contribution in [3.05, 3.63) is 64.7 Å². The highest BCUT2D eigenvalue weighted by atomic mass is 35.5. The molecular formula is C24H24ClNO3. The van der Waals surface area contributed by atoms with Gasteiger partial charge in [0.25, 0.3) is 0 Å². The number of carbonyl (C=O) groups is 2. The summed E-state index contributed by atoms with van der Waals surface area (Å²) in [6, 6.07) is 15.1. The number of para-hydroxylation sites is 1. The fraction of sp³-hybridized carbons (Fsp3) is 0.417. The summed E-state index contributed by atoms with van der Waals surface area (Å²) in [7, 11) is 0. The van der Waals surface area contributed by atoms with Gasteiger partial charge in [-0.05, 0) is 42.7 Å². The molecule has 150 valence electrons. The van der Waals surface area contributed by atoms with Gasteiger partial charge in [-0.15, -0.1) is 0 Å². The zero-order valence-electron chi connectivity index (χ0n) is 16.3. The number of Topliss-reactive ketones (excluding diaryl/α,β-unsaturated/α-hetero) is 1. The number of hydrogen-bond donors (Lipinski definition) is 0. The molecule has 1 unspecified atom stereocenters. The Bertz CT molecular complexity index is 964. The lowest BCUT2D eigenvalue weighted by atomic mass is 9.77. The predicted molar refractivity (Wildman–Crippen MR) is 112 cm³/mol. The smallest absolute Gasteiger partial charge is 0.233 e. The van der Waals surface area contributed by atoms with Crippen LogP contribution in [0.1, 0.15) is 54.4 Å². The minimum atomic E-state index is -0.596. The number of nitrogens with zero attached hydrogens (tertiary/aromatic N) is 1. The van der Waals surface area contributed by atoms with Gasteiger partial charge in [-0.25, -0.2) is 0 Å². The van der Waals surface area contributed by atoms with Crippen molar-refractivity contribution in [2.75, 3.05) is 13.1 Å². The van der Waals surface area contributed by atoms with Gasteiger partial charge in [0.2, 0.25) is 5.91 Å². The van der Waals surface area contributed by atoms with Crippen molar-refractivity contribution in [1.82, 2.24) is 4.90 Å². The lowest BCUT2D eigenvalue weighted by Crippen LogP contribution is -2.49. The van der Waals surface area contributed by atoms with Gasteiger partial charge in [0.05, 0.1) is 23.9 Å². The first-order valence-electron chi connectivity index (χ1n) is 10.4. The first-order chi connectivity index (χ1) is 14.0. The molecule has 2 aromatic rings. The fourth-order valence-electron chi connectivity index (χ4n) is 5.36. The lowest BCUT2D eigenvalue weighted by Gasteiger charge is -2.36. The van der Waals surface area contributed by atoms with E-state index in [0.717, 1.165) is 31.2 Å². The zero-order chi connectivity index (χ0) is 20.1. The zero-order valence-corrected chi connectivity index (χ0v) is 17.1. The van der Waals surface area contributed by atoms with Gasteiger partial charge in [-0.2, -0.15) is 0 Å². The maximum atomic E-state index is 13.8. The number of ether oxygens (including phenoxy) is 1. The second-order valence-corrected chi connectivity index (χ2v) is 9.09. The molecule has 4 nitrogen and oxygen atoms in total. The molecule has 0 bridgehead atoms. The van der Waals surface area contributed by atoms with Crippen LogP contribution in [-0.2, 0) is 10.2 Å². The third kappa shape index (κ3) is 3.05. The van der Waals surface area contributed by atoms with Crippen LogP contribution in [0.3, 0.4) is 0 Å². The van der Waals surface area contributed by atoms with Gasteiger partial charge in [0.1, 0.15) is 11.4 Å². The van der Waals surface area contributed by atoms with Crippen molar-refractivity contribution in [2.24, 2.45) is 0 Å². The molecule has 1 spiro atoms. The normalized spacial score (nSPS) is 25.1. The number of ketones is 1. The summed E-state index contributed by atoms with van der Waals surface area (Å²) in [6.07, 6.45) is 4.85. The number of carbonyl (C=O) groups excluding carboxylic acids is 2. The molecule has 0 N–H and O–H groups in total. The Balaban J connectivity index is 1.41. The lowest BCUT2D eigenvalue weighted by molar-refractivity contribution is -0.137. The number of halogens is 1. The van der Waals surface area contributed by atoms with Crippen LogP contribution in [0.4, 0.5) is 0 Å². The van der Waals surface area contributed by atoms with E-state index < -0.39 is 11.0 Å². The van der Waals surface area contributed by atoms with Crippen LogP contribution in [0.15, 0.2) is 48.5 Å². The summed E-state index contributed by atoms with van der Waals surface area (Å²) < 4.78 is 6.32. The molecule has 0 aromatic heterocycles. The fourth-order valence-corrected chi connectivity index (χ4v) is 5.49. The summed E-state index contributed by atoms with van der Waals surface area (Å²) in [5, 5.41) is 0.683. The van der Waals surface area contributed by atoms with Crippen molar-refractivity contribution in [2.45, 2.75) is 49.5 Å². The van der Waals surface area contributed by atoms with E-state index in [1.807, 2.05) is 53.4 Å². The standard InChI is InChI=1S/C24H24ClNO3/c25-18-9-7-17(8-10-18)24(11-3-4-12-24)22(28)26-14-13-23(16-26)15-20(27)19-5-1-2-6-21(19)29-23/h1-2,5-10H,3-4,11-16H2. The number of fused-ring (bicyclic) bond motifs is 1. The van der Waals surface area contributed by atoms with Crippen LogP contribution in [0, 0.1) is 0 Å². The average Bonchev–Trinajstić information content (AvgIpc) is 3.37. The Morgan fingerprint density at radius 3 is 2.48 bits per heavy atom. The summed E-state index contributed by atoms with van der Waals surface area (Å²) in [5.74, 6) is 0.921. The third-order valence-corrected chi connectivity index (χ3v) is 7.12. The molecule has 3 aliphatic rings. The third-order valence-electron chi connectivity index (χ3n) is 6.86. The molecule has 2 aromatic carbocycles. The first-order valence-corrected chi connectivity index (χ1v) is 10.8. The largest absolute Gasteiger partial charge is 0.484 e. The number of hydrogen-bond acceptors (Lipinski definition) is 3. The molecule has 1 aliphatic carbocycles. The highest BCUT2D eigenvalue weighted by Crippen LogP contribution is 2.45. The highest BCUT2D eigenvalue weighted by molar-refractivity contribution is 6.30. The molecule has 5 rings (SSSR count). The van der Waals surface area contributed by atoms with Gasteiger partial charge in [-0.1, -0.05) is 48.7 Å². The van der Waals surface area contributed by atoms with Gasteiger partial charge in [0.15, 0.2) is 5.78 Å². The number of benzene rings is 2. The minimum Gasteiger partial charge on any atom is -0.484 e.